The van der Waals surface area contributed by atoms with Gasteiger partial charge in [0, 0.05) is 6.04 Å². The van der Waals surface area contributed by atoms with E-state index in [2.05, 4.69) is 5.32 Å². The average molecular weight is 251 g/mol. The number of esters is 1. The van der Waals surface area contributed by atoms with Crippen LogP contribution in [0.25, 0.3) is 0 Å². The van der Waals surface area contributed by atoms with Gasteiger partial charge in [0.15, 0.2) is 0 Å². The highest BCUT2D eigenvalue weighted by Gasteiger charge is 2.22. The Hall–Kier alpha value is -1.55. The van der Waals surface area contributed by atoms with Crippen molar-refractivity contribution in [3.8, 4) is 5.75 Å². The van der Waals surface area contributed by atoms with E-state index in [1.54, 1.807) is 0 Å². The van der Waals surface area contributed by atoms with E-state index in [1.807, 2.05) is 45.0 Å². The van der Waals surface area contributed by atoms with Gasteiger partial charge >= 0.3 is 5.97 Å². The summed E-state index contributed by atoms with van der Waals surface area (Å²) in [4.78, 5) is 11.8. The average Bonchev–Trinajstić information content (AvgIpc) is 2.35. The minimum absolute atomic E-state index is 0.185. The molecule has 1 aromatic carbocycles. The van der Waals surface area contributed by atoms with Gasteiger partial charge in [0.05, 0.1) is 13.7 Å². The SMILES string of the molecule is CCOc1cccc(C(NC(C)C)C(=O)OC)c1. The third-order valence-corrected chi connectivity index (χ3v) is 2.44. The Kier molecular flexibility index (Phi) is 5.65. The van der Waals surface area contributed by atoms with Crippen LogP contribution in [0.15, 0.2) is 24.3 Å². The highest BCUT2D eigenvalue weighted by atomic mass is 16.5. The lowest BCUT2D eigenvalue weighted by molar-refractivity contribution is -0.143. The molecule has 1 atom stereocenters. The Morgan fingerprint density at radius 1 is 1.39 bits per heavy atom. The van der Waals surface area contributed by atoms with Crippen molar-refractivity contribution in [1.29, 1.82) is 0 Å². The fourth-order valence-corrected chi connectivity index (χ4v) is 1.70. The van der Waals surface area contributed by atoms with E-state index >= 15 is 0 Å². The fourth-order valence-electron chi connectivity index (χ4n) is 1.70. The van der Waals surface area contributed by atoms with Crippen molar-refractivity contribution in [1.82, 2.24) is 5.32 Å². The van der Waals surface area contributed by atoms with Crippen LogP contribution in [-0.2, 0) is 9.53 Å². The Balaban J connectivity index is 2.96. The molecule has 0 fully saturated rings. The van der Waals surface area contributed by atoms with Crippen molar-refractivity contribution in [2.24, 2.45) is 0 Å². The van der Waals surface area contributed by atoms with E-state index < -0.39 is 6.04 Å². The first-order valence-electron chi connectivity index (χ1n) is 6.15. The third-order valence-electron chi connectivity index (χ3n) is 2.44. The minimum atomic E-state index is -0.463. The van der Waals surface area contributed by atoms with Gasteiger partial charge in [0.1, 0.15) is 11.8 Å². The maximum Gasteiger partial charge on any atom is 0.327 e. The molecule has 4 heteroatoms. The summed E-state index contributed by atoms with van der Waals surface area (Å²) in [6.45, 7) is 6.51. The van der Waals surface area contributed by atoms with Crippen molar-refractivity contribution in [3.63, 3.8) is 0 Å². The molecular weight excluding hydrogens is 230 g/mol. The summed E-state index contributed by atoms with van der Waals surface area (Å²) in [7, 11) is 1.39. The van der Waals surface area contributed by atoms with Gasteiger partial charge in [-0.2, -0.15) is 0 Å². The molecule has 0 amide bonds. The topological polar surface area (TPSA) is 47.6 Å². The van der Waals surface area contributed by atoms with Gasteiger partial charge < -0.3 is 9.47 Å². The Morgan fingerprint density at radius 2 is 2.11 bits per heavy atom. The van der Waals surface area contributed by atoms with Crippen molar-refractivity contribution < 1.29 is 14.3 Å². The standard InChI is InChI=1S/C14H21NO3/c1-5-18-12-8-6-7-11(9-12)13(14(16)17-4)15-10(2)3/h6-10,13,15H,5H2,1-4H3. The second-order valence-corrected chi connectivity index (χ2v) is 4.28. The molecule has 0 radical (unpaired) electrons. The number of rotatable bonds is 6. The van der Waals surface area contributed by atoms with Crippen LogP contribution in [-0.4, -0.2) is 25.7 Å². The molecule has 1 aromatic rings. The Labute approximate surface area is 108 Å². The van der Waals surface area contributed by atoms with Gasteiger partial charge in [-0.3, -0.25) is 5.32 Å². The minimum Gasteiger partial charge on any atom is -0.494 e. The fraction of sp³-hybridized carbons (Fsp3) is 0.500. The molecule has 0 heterocycles. The molecule has 100 valence electrons. The van der Waals surface area contributed by atoms with E-state index in [0.29, 0.717) is 6.61 Å². The summed E-state index contributed by atoms with van der Waals surface area (Å²) in [5.74, 6) is 0.465. The van der Waals surface area contributed by atoms with E-state index in [-0.39, 0.29) is 12.0 Å². The Morgan fingerprint density at radius 3 is 2.67 bits per heavy atom. The lowest BCUT2D eigenvalue weighted by Gasteiger charge is -2.20. The number of hydrogen-bond donors (Lipinski definition) is 1. The highest BCUT2D eigenvalue weighted by Crippen LogP contribution is 2.21. The first-order valence-corrected chi connectivity index (χ1v) is 6.15. The van der Waals surface area contributed by atoms with E-state index in [1.165, 1.54) is 7.11 Å². The van der Waals surface area contributed by atoms with Gasteiger partial charge in [0.2, 0.25) is 0 Å². The second-order valence-electron chi connectivity index (χ2n) is 4.28. The summed E-state index contributed by atoms with van der Waals surface area (Å²) in [5, 5.41) is 3.19. The summed E-state index contributed by atoms with van der Waals surface area (Å²) in [6.07, 6.45) is 0. The van der Waals surface area contributed by atoms with Crippen LogP contribution in [0, 0.1) is 0 Å². The zero-order chi connectivity index (χ0) is 13.5. The van der Waals surface area contributed by atoms with Crippen molar-refractivity contribution in [2.45, 2.75) is 32.9 Å². The largest absolute Gasteiger partial charge is 0.494 e. The van der Waals surface area contributed by atoms with E-state index in [9.17, 15) is 4.79 Å². The predicted molar refractivity (Wildman–Crippen MR) is 70.6 cm³/mol. The van der Waals surface area contributed by atoms with Crippen LogP contribution in [0.3, 0.4) is 0 Å². The van der Waals surface area contributed by atoms with E-state index in [0.717, 1.165) is 11.3 Å². The first kappa shape index (κ1) is 14.5. The first-order chi connectivity index (χ1) is 8.58. The molecule has 0 saturated heterocycles. The predicted octanol–water partition coefficient (Wildman–Crippen LogP) is 2.30. The number of methoxy groups -OCH3 is 1. The summed E-state index contributed by atoms with van der Waals surface area (Å²) < 4.78 is 10.3. The molecule has 0 aromatic heterocycles. The number of hydrogen-bond acceptors (Lipinski definition) is 4. The van der Waals surface area contributed by atoms with Crippen LogP contribution in [0.4, 0.5) is 0 Å². The molecule has 0 aliphatic carbocycles. The third kappa shape index (κ3) is 4.04. The molecule has 1 rings (SSSR count). The molecule has 0 aliphatic rings. The van der Waals surface area contributed by atoms with Gasteiger partial charge in [-0.15, -0.1) is 0 Å². The highest BCUT2D eigenvalue weighted by molar-refractivity contribution is 5.77. The van der Waals surface area contributed by atoms with E-state index in [4.69, 9.17) is 9.47 Å². The molecule has 0 aliphatic heterocycles. The van der Waals surface area contributed by atoms with Crippen LogP contribution in [0.1, 0.15) is 32.4 Å². The van der Waals surface area contributed by atoms with Crippen LogP contribution < -0.4 is 10.1 Å². The maximum absolute atomic E-state index is 11.8. The van der Waals surface area contributed by atoms with Crippen LogP contribution in [0.2, 0.25) is 0 Å². The van der Waals surface area contributed by atoms with Crippen molar-refractivity contribution in [2.75, 3.05) is 13.7 Å². The van der Waals surface area contributed by atoms with Gasteiger partial charge in [-0.1, -0.05) is 12.1 Å². The number of ether oxygens (including phenoxy) is 2. The molecular formula is C14H21NO3. The normalized spacial score (nSPS) is 12.3. The van der Waals surface area contributed by atoms with Gasteiger partial charge in [-0.25, -0.2) is 4.79 Å². The molecule has 4 nitrogen and oxygen atoms in total. The van der Waals surface area contributed by atoms with Crippen molar-refractivity contribution in [3.05, 3.63) is 29.8 Å². The van der Waals surface area contributed by atoms with Gasteiger partial charge in [0.25, 0.3) is 0 Å². The molecule has 0 bridgehead atoms. The quantitative estimate of drug-likeness (QED) is 0.788. The summed E-state index contributed by atoms with van der Waals surface area (Å²) in [6, 6.07) is 7.22. The smallest absolute Gasteiger partial charge is 0.327 e. The summed E-state index contributed by atoms with van der Waals surface area (Å²) >= 11 is 0. The Bertz CT molecular complexity index is 390. The number of nitrogens with one attached hydrogen (secondary N) is 1. The van der Waals surface area contributed by atoms with Crippen LogP contribution >= 0.6 is 0 Å². The zero-order valence-electron chi connectivity index (χ0n) is 11.4. The number of carbonyl (C=O) groups is 1. The number of carbonyl (C=O) groups excluding carboxylic acids is 1. The zero-order valence-corrected chi connectivity index (χ0v) is 11.4. The molecule has 0 saturated carbocycles. The van der Waals surface area contributed by atoms with Gasteiger partial charge in [-0.05, 0) is 38.5 Å². The summed E-state index contributed by atoms with van der Waals surface area (Å²) in [5.41, 5.74) is 0.849. The monoisotopic (exact) mass is 251 g/mol. The molecule has 18 heavy (non-hydrogen) atoms. The van der Waals surface area contributed by atoms with Crippen molar-refractivity contribution >= 4 is 5.97 Å². The molecule has 1 N–H and O–H groups in total. The molecule has 0 spiro atoms. The van der Waals surface area contributed by atoms with Crippen LogP contribution in [0.5, 0.6) is 5.75 Å². The second kappa shape index (κ2) is 7.01. The lowest BCUT2D eigenvalue weighted by atomic mass is 10.1. The number of benzene rings is 1. The maximum atomic E-state index is 11.8. The molecule has 1 unspecified atom stereocenters. The lowest BCUT2D eigenvalue weighted by Crippen LogP contribution is -2.34.